The van der Waals surface area contributed by atoms with Crippen LogP contribution in [0.25, 0.3) is 0 Å². The number of hydrogen-bond donors (Lipinski definition) is 3. The number of rotatable bonds is 4. The third-order valence-electron chi connectivity index (χ3n) is 4.18. The van der Waals surface area contributed by atoms with Crippen LogP contribution in [0.15, 0.2) is 65.9 Å². The van der Waals surface area contributed by atoms with Crippen molar-refractivity contribution in [2.75, 3.05) is 0 Å². The van der Waals surface area contributed by atoms with Crippen LogP contribution in [0, 0.1) is 11.3 Å². The summed E-state index contributed by atoms with van der Waals surface area (Å²) in [5.41, 5.74) is 3.77. The van der Waals surface area contributed by atoms with E-state index in [1.54, 1.807) is 12.1 Å². The molecule has 130 valence electrons. The van der Waals surface area contributed by atoms with Crippen molar-refractivity contribution < 1.29 is 4.79 Å². The molecule has 0 radical (unpaired) electrons. The van der Waals surface area contributed by atoms with Gasteiger partial charge in [-0.1, -0.05) is 42.5 Å². The Labute approximate surface area is 157 Å². The van der Waals surface area contributed by atoms with E-state index < -0.39 is 0 Å². The zero-order valence-corrected chi connectivity index (χ0v) is 15.1. The van der Waals surface area contributed by atoms with Crippen molar-refractivity contribution in [2.24, 2.45) is 0 Å². The van der Waals surface area contributed by atoms with Gasteiger partial charge in [-0.25, -0.2) is 0 Å². The lowest BCUT2D eigenvalue weighted by Crippen LogP contribution is -2.46. The van der Waals surface area contributed by atoms with E-state index in [9.17, 15) is 4.79 Å². The zero-order chi connectivity index (χ0) is 18.5. The predicted octanol–water partition coefficient (Wildman–Crippen LogP) is 2.67. The van der Waals surface area contributed by atoms with E-state index in [2.05, 4.69) is 22.0 Å². The first kappa shape index (κ1) is 17.6. The highest BCUT2D eigenvalue weighted by Crippen LogP contribution is 2.27. The fourth-order valence-corrected chi connectivity index (χ4v) is 3.14. The molecule has 2 aromatic rings. The normalized spacial score (nSPS) is 16.3. The predicted molar refractivity (Wildman–Crippen MR) is 104 cm³/mol. The number of carbonyl (C=O) groups excluding carboxylic acids is 1. The van der Waals surface area contributed by atoms with Gasteiger partial charge in [0.05, 0.1) is 23.2 Å². The van der Waals surface area contributed by atoms with Gasteiger partial charge in [0.2, 0.25) is 0 Å². The Morgan fingerprint density at radius 2 is 1.88 bits per heavy atom. The third kappa shape index (κ3) is 3.90. The number of allylic oxidation sites excluding steroid dienone is 1. The Morgan fingerprint density at radius 3 is 2.54 bits per heavy atom. The quantitative estimate of drug-likeness (QED) is 0.729. The summed E-state index contributed by atoms with van der Waals surface area (Å²) >= 11 is 5.25. The number of nitrogens with zero attached hydrogens (tertiary/aromatic N) is 1. The smallest absolute Gasteiger partial charge is 0.251 e. The van der Waals surface area contributed by atoms with Crippen molar-refractivity contribution in [2.45, 2.75) is 19.5 Å². The lowest BCUT2D eigenvalue weighted by molar-refractivity contribution is -0.118. The topological polar surface area (TPSA) is 77.0 Å². The molecule has 6 heteroatoms. The van der Waals surface area contributed by atoms with Gasteiger partial charge in [-0.15, -0.1) is 0 Å². The number of thiocarbonyl (C=S) groups is 1. The summed E-state index contributed by atoms with van der Waals surface area (Å²) in [4.78, 5) is 12.9. The van der Waals surface area contributed by atoms with E-state index in [1.807, 2.05) is 49.4 Å². The number of nitriles is 1. The highest BCUT2D eigenvalue weighted by molar-refractivity contribution is 7.80. The summed E-state index contributed by atoms with van der Waals surface area (Å²) < 4.78 is 0. The molecule has 5 nitrogen and oxygen atoms in total. The van der Waals surface area contributed by atoms with Gasteiger partial charge in [0.25, 0.3) is 5.91 Å². The van der Waals surface area contributed by atoms with Crippen LogP contribution < -0.4 is 16.0 Å². The molecule has 1 aliphatic rings. The average Bonchev–Trinajstić information content (AvgIpc) is 2.66. The molecule has 0 saturated carbocycles. The molecule has 0 saturated heterocycles. The van der Waals surface area contributed by atoms with Crippen molar-refractivity contribution >= 4 is 23.2 Å². The Bertz CT molecular complexity index is 898. The molecule has 3 N–H and O–H groups in total. The maximum atomic E-state index is 12.9. The molecule has 0 fully saturated rings. The maximum absolute atomic E-state index is 12.9. The first-order chi connectivity index (χ1) is 12.6. The Balaban J connectivity index is 1.85. The number of carbonyl (C=O) groups is 1. The standard InChI is InChI=1S/C20H18N4OS/c1-13-17(19(25)22-12-15-5-3-2-4-6-15)18(24-20(26)23-13)16-9-7-14(11-21)8-10-16/h2-10,18H,12H2,1H3,(H,22,25)(H2,23,24,26). The first-order valence-electron chi connectivity index (χ1n) is 8.19. The second kappa shape index (κ2) is 7.81. The first-order valence-corrected chi connectivity index (χ1v) is 8.60. The molecule has 1 aliphatic heterocycles. The van der Waals surface area contributed by atoms with Crippen molar-refractivity contribution in [1.29, 1.82) is 5.26 Å². The average molecular weight is 362 g/mol. The molecule has 2 aromatic carbocycles. The molecule has 0 aromatic heterocycles. The second-order valence-corrected chi connectivity index (χ2v) is 6.38. The third-order valence-corrected chi connectivity index (χ3v) is 4.40. The highest BCUT2D eigenvalue weighted by atomic mass is 32.1. The van der Waals surface area contributed by atoms with Crippen LogP contribution in [0.3, 0.4) is 0 Å². The van der Waals surface area contributed by atoms with E-state index in [1.165, 1.54) is 0 Å². The number of hydrogen-bond acceptors (Lipinski definition) is 3. The molecule has 0 spiro atoms. The molecule has 1 amide bonds. The SMILES string of the molecule is CC1=C(C(=O)NCc2ccccc2)C(c2ccc(C#N)cc2)NC(=S)N1. The molecule has 1 unspecified atom stereocenters. The van der Waals surface area contributed by atoms with Crippen molar-refractivity contribution in [3.05, 3.63) is 82.6 Å². The highest BCUT2D eigenvalue weighted by Gasteiger charge is 2.29. The summed E-state index contributed by atoms with van der Waals surface area (Å²) in [5.74, 6) is -0.164. The molecular weight excluding hydrogens is 344 g/mol. The van der Waals surface area contributed by atoms with Crippen LogP contribution in [0.5, 0.6) is 0 Å². The minimum Gasteiger partial charge on any atom is -0.351 e. The van der Waals surface area contributed by atoms with Gasteiger partial charge in [-0.3, -0.25) is 4.79 Å². The van der Waals surface area contributed by atoms with E-state index in [0.29, 0.717) is 28.5 Å². The zero-order valence-electron chi connectivity index (χ0n) is 14.2. The number of benzene rings is 2. The lowest BCUT2D eigenvalue weighted by Gasteiger charge is -2.30. The monoisotopic (exact) mass is 362 g/mol. The van der Waals surface area contributed by atoms with Crippen LogP contribution in [-0.2, 0) is 11.3 Å². The number of amides is 1. The molecule has 1 atom stereocenters. The molecule has 1 heterocycles. The van der Waals surface area contributed by atoms with E-state index in [-0.39, 0.29) is 11.9 Å². The fourth-order valence-electron chi connectivity index (χ4n) is 2.87. The van der Waals surface area contributed by atoms with Gasteiger partial charge in [0.1, 0.15) is 0 Å². The van der Waals surface area contributed by atoms with E-state index in [4.69, 9.17) is 17.5 Å². The van der Waals surface area contributed by atoms with E-state index in [0.717, 1.165) is 11.1 Å². The summed E-state index contributed by atoms with van der Waals surface area (Å²) in [6.45, 7) is 2.28. The van der Waals surface area contributed by atoms with Crippen LogP contribution in [0.1, 0.15) is 29.7 Å². The summed E-state index contributed by atoms with van der Waals surface area (Å²) in [7, 11) is 0. The van der Waals surface area contributed by atoms with Crippen LogP contribution in [-0.4, -0.2) is 11.0 Å². The summed E-state index contributed by atoms with van der Waals surface area (Å²) in [5, 5.41) is 18.6. The molecule has 0 aliphatic carbocycles. The van der Waals surface area contributed by atoms with Crippen LogP contribution in [0.2, 0.25) is 0 Å². The summed E-state index contributed by atoms with van der Waals surface area (Å²) in [6.07, 6.45) is 0. The van der Waals surface area contributed by atoms with E-state index >= 15 is 0 Å². The Morgan fingerprint density at radius 1 is 1.19 bits per heavy atom. The van der Waals surface area contributed by atoms with Gasteiger partial charge in [-0.2, -0.15) is 5.26 Å². The Hall–Kier alpha value is -3.17. The second-order valence-electron chi connectivity index (χ2n) is 5.97. The molecule has 26 heavy (non-hydrogen) atoms. The minimum absolute atomic E-state index is 0.164. The molecular formula is C20H18N4OS. The van der Waals surface area contributed by atoms with Gasteiger partial charge >= 0.3 is 0 Å². The van der Waals surface area contributed by atoms with Gasteiger partial charge < -0.3 is 16.0 Å². The largest absolute Gasteiger partial charge is 0.351 e. The molecule has 3 rings (SSSR count). The Kier molecular flexibility index (Phi) is 5.30. The van der Waals surface area contributed by atoms with Crippen LogP contribution >= 0.6 is 12.2 Å². The van der Waals surface area contributed by atoms with Crippen molar-refractivity contribution in [1.82, 2.24) is 16.0 Å². The number of nitrogens with one attached hydrogen (secondary N) is 3. The molecule has 0 bridgehead atoms. The maximum Gasteiger partial charge on any atom is 0.251 e. The van der Waals surface area contributed by atoms with Gasteiger partial charge in [0, 0.05) is 12.2 Å². The minimum atomic E-state index is -0.368. The fraction of sp³-hybridized carbons (Fsp3) is 0.150. The van der Waals surface area contributed by atoms with Gasteiger partial charge in [-0.05, 0) is 42.4 Å². The van der Waals surface area contributed by atoms with Crippen molar-refractivity contribution in [3.8, 4) is 6.07 Å². The summed E-state index contributed by atoms with van der Waals surface area (Å²) in [6, 6.07) is 18.6. The van der Waals surface area contributed by atoms with Gasteiger partial charge in [0.15, 0.2) is 5.11 Å². The van der Waals surface area contributed by atoms with Crippen LogP contribution in [0.4, 0.5) is 0 Å². The lowest BCUT2D eigenvalue weighted by atomic mass is 9.94. The van der Waals surface area contributed by atoms with Crippen molar-refractivity contribution in [3.63, 3.8) is 0 Å².